The quantitative estimate of drug-likeness (QED) is 0.351. The highest BCUT2D eigenvalue weighted by atomic mass is 35.5. The molecule has 38 heavy (non-hydrogen) atoms. The summed E-state index contributed by atoms with van der Waals surface area (Å²) in [6.07, 6.45) is 1.72. The van der Waals surface area contributed by atoms with Crippen molar-refractivity contribution in [2.45, 2.75) is 44.7 Å². The Bertz CT molecular complexity index is 1460. The minimum absolute atomic E-state index is 0.000993. The van der Waals surface area contributed by atoms with Crippen molar-refractivity contribution in [1.82, 2.24) is 10.3 Å². The minimum atomic E-state index is -1.95. The lowest BCUT2D eigenvalue weighted by atomic mass is 9.69. The molecule has 198 valence electrons. The van der Waals surface area contributed by atoms with Crippen molar-refractivity contribution >= 4 is 34.8 Å². The maximum absolute atomic E-state index is 15.7. The second kappa shape index (κ2) is 10.5. The van der Waals surface area contributed by atoms with E-state index in [0.29, 0.717) is 6.42 Å². The van der Waals surface area contributed by atoms with E-state index in [1.807, 2.05) is 20.8 Å². The molecule has 0 bridgehead atoms. The number of hydrogen-bond donors (Lipinski definition) is 3. The molecule has 3 N–H and O–H groups in total. The Labute approximate surface area is 229 Å². The van der Waals surface area contributed by atoms with Crippen LogP contribution in [0.25, 0.3) is 0 Å². The van der Waals surface area contributed by atoms with Crippen LogP contribution in [-0.2, 0) is 10.3 Å². The third kappa shape index (κ3) is 5.19. The summed E-state index contributed by atoms with van der Waals surface area (Å²) < 4.78 is 31.3. The molecule has 3 aromatic rings. The van der Waals surface area contributed by atoms with Gasteiger partial charge in [0.25, 0.3) is 0 Å². The fourth-order valence-corrected chi connectivity index (χ4v) is 5.61. The van der Waals surface area contributed by atoms with Crippen LogP contribution in [0.1, 0.15) is 44.2 Å². The summed E-state index contributed by atoms with van der Waals surface area (Å²) in [5, 5.41) is 16.3. The normalized spacial score (nSPS) is 23.2. The van der Waals surface area contributed by atoms with Crippen LogP contribution >= 0.6 is 23.2 Å². The number of amides is 1. The van der Waals surface area contributed by atoms with Gasteiger partial charge in [-0.2, -0.15) is 5.26 Å². The number of aromatic amines is 1. The van der Waals surface area contributed by atoms with Gasteiger partial charge in [-0.05, 0) is 41.7 Å². The molecular weight excluding hydrogens is 533 g/mol. The lowest BCUT2D eigenvalue weighted by molar-refractivity contribution is -0.123. The lowest BCUT2D eigenvalue weighted by Crippen LogP contribution is -2.53. The molecule has 1 aromatic heterocycles. The molecule has 1 fully saturated rings. The van der Waals surface area contributed by atoms with Gasteiger partial charge >= 0.3 is 0 Å². The van der Waals surface area contributed by atoms with E-state index >= 15 is 8.78 Å². The average Bonchev–Trinajstić information content (AvgIpc) is 3.15. The predicted octanol–water partition coefficient (Wildman–Crippen LogP) is 6.13. The first-order chi connectivity index (χ1) is 17.9. The van der Waals surface area contributed by atoms with Crippen LogP contribution in [0.5, 0.6) is 0 Å². The minimum Gasteiger partial charge on any atom is -0.327 e. The number of carbonyl (C=O) groups is 1. The van der Waals surface area contributed by atoms with Gasteiger partial charge in [0, 0.05) is 34.8 Å². The summed E-state index contributed by atoms with van der Waals surface area (Å²) in [5.41, 5.74) is -2.51. The summed E-state index contributed by atoms with van der Waals surface area (Å²) >= 11 is 12.2. The Hall–Kier alpha value is -3.25. The van der Waals surface area contributed by atoms with Gasteiger partial charge in [0.05, 0.1) is 22.7 Å². The molecule has 0 spiro atoms. The van der Waals surface area contributed by atoms with Gasteiger partial charge in [-0.25, -0.2) is 8.78 Å². The number of pyridine rings is 1. The van der Waals surface area contributed by atoms with Gasteiger partial charge in [0.1, 0.15) is 17.2 Å². The van der Waals surface area contributed by atoms with E-state index in [4.69, 9.17) is 23.2 Å². The average molecular weight is 559 g/mol. The summed E-state index contributed by atoms with van der Waals surface area (Å²) in [7, 11) is 0. The summed E-state index contributed by atoms with van der Waals surface area (Å²) in [4.78, 5) is 28.3. The van der Waals surface area contributed by atoms with Crippen molar-refractivity contribution in [3.05, 3.63) is 97.9 Å². The molecule has 10 heteroatoms. The molecule has 1 aliphatic heterocycles. The topological polar surface area (TPSA) is 97.8 Å². The first-order valence-corrected chi connectivity index (χ1v) is 12.7. The molecule has 0 saturated carbocycles. The van der Waals surface area contributed by atoms with Gasteiger partial charge in [0.2, 0.25) is 11.5 Å². The summed E-state index contributed by atoms with van der Waals surface area (Å²) in [6.45, 7) is 5.92. The zero-order valence-corrected chi connectivity index (χ0v) is 22.4. The second-order valence-corrected chi connectivity index (χ2v) is 11.5. The summed E-state index contributed by atoms with van der Waals surface area (Å²) in [6, 6.07) is 12.5. The number of anilines is 1. The first-order valence-electron chi connectivity index (χ1n) is 11.9. The first kappa shape index (κ1) is 27.8. The SMILES string of the molecule is CC(C)(C)C[C@@H]1N[C@@](C(=O)Nc2ccc(=O)[nH]c2)(c2ccc(Cl)cc2F)[C@H](c2cccc(Cl)c2F)[C@H]1C#N. The fraction of sp³-hybridized carbons (Fsp3) is 0.321. The zero-order valence-electron chi connectivity index (χ0n) is 20.9. The number of H-pyrrole nitrogens is 1. The second-order valence-electron chi connectivity index (χ2n) is 10.6. The van der Waals surface area contributed by atoms with Crippen LogP contribution in [0.4, 0.5) is 14.5 Å². The molecule has 4 rings (SSSR count). The molecule has 0 radical (unpaired) electrons. The van der Waals surface area contributed by atoms with Crippen molar-refractivity contribution in [2.24, 2.45) is 11.3 Å². The molecule has 1 amide bonds. The molecule has 0 aliphatic carbocycles. The van der Waals surface area contributed by atoms with Crippen LogP contribution in [0, 0.1) is 34.3 Å². The largest absolute Gasteiger partial charge is 0.327 e. The van der Waals surface area contributed by atoms with E-state index in [9.17, 15) is 14.9 Å². The number of nitrogens with zero attached hydrogens (tertiary/aromatic N) is 1. The molecule has 4 atom stereocenters. The molecule has 1 saturated heterocycles. The van der Waals surface area contributed by atoms with Gasteiger partial charge in [-0.15, -0.1) is 0 Å². The zero-order chi connectivity index (χ0) is 27.8. The predicted molar refractivity (Wildman–Crippen MR) is 143 cm³/mol. The van der Waals surface area contributed by atoms with Crippen LogP contribution in [0.15, 0.2) is 59.5 Å². The van der Waals surface area contributed by atoms with E-state index in [1.165, 1.54) is 48.7 Å². The Kier molecular flexibility index (Phi) is 7.67. The highest BCUT2D eigenvalue weighted by Crippen LogP contribution is 2.53. The van der Waals surface area contributed by atoms with E-state index in [2.05, 4.69) is 21.7 Å². The van der Waals surface area contributed by atoms with Crippen molar-refractivity contribution < 1.29 is 13.6 Å². The van der Waals surface area contributed by atoms with Crippen molar-refractivity contribution in [2.75, 3.05) is 5.32 Å². The highest BCUT2D eigenvalue weighted by Gasteiger charge is 2.61. The van der Waals surface area contributed by atoms with E-state index in [-0.39, 0.29) is 37.8 Å². The standard InChI is InChI=1S/C28H26Cl2F2N4O2/c1-27(2,3)12-22-18(13-33)24(17-5-4-6-20(30)25(17)32)28(36-22,19-9-7-15(29)11-21(19)31)26(38)35-16-8-10-23(37)34-14-16/h4-11,14,18,22,24,36H,12H2,1-3H3,(H,34,37)(H,35,38)/t18-,22-,24+,28-/m0/s1. The van der Waals surface area contributed by atoms with Gasteiger partial charge in [-0.3, -0.25) is 14.9 Å². The number of halogens is 4. The van der Waals surface area contributed by atoms with E-state index in [1.54, 1.807) is 0 Å². The number of nitrogens with one attached hydrogen (secondary N) is 3. The molecule has 6 nitrogen and oxygen atoms in total. The van der Waals surface area contributed by atoms with Crippen LogP contribution in [0.2, 0.25) is 10.0 Å². The van der Waals surface area contributed by atoms with Crippen LogP contribution in [-0.4, -0.2) is 16.9 Å². The number of hydrogen-bond acceptors (Lipinski definition) is 4. The Morgan fingerprint density at radius 1 is 1.16 bits per heavy atom. The molecular formula is C28H26Cl2F2N4O2. The van der Waals surface area contributed by atoms with Gasteiger partial charge in [-0.1, -0.05) is 62.2 Å². The number of carbonyl (C=O) groups excluding carboxylic acids is 1. The Morgan fingerprint density at radius 2 is 1.89 bits per heavy atom. The molecule has 2 aromatic carbocycles. The number of aromatic nitrogens is 1. The maximum atomic E-state index is 15.7. The number of benzene rings is 2. The van der Waals surface area contributed by atoms with Gasteiger partial charge < -0.3 is 10.3 Å². The molecule has 0 unspecified atom stereocenters. The smallest absolute Gasteiger partial charge is 0.250 e. The van der Waals surface area contributed by atoms with Crippen molar-refractivity contribution in [3.63, 3.8) is 0 Å². The van der Waals surface area contributed by atoms with Gasteiger partial charge in [0.15, 0.2) is 0 Å². The van der Waals surface area contributed by atoms with E-state index in [0.717, 1.165) is 6.07 Å². The number of rotatable bonds is 5. The monoisotopic (exact) mass is 558 g/mol. The Morgan fingerprint density at radius 3 is 2.50 bits per heavy atom. The third-order valence-corrected chi connectivity index (χ3v) is 7.25. The molecule has 2 heterocycles. The van der Waals surface area contributed by atoms with Crippen molar-refractivity contribution in [3.8, 4) is 6.07 Å². The third-order valence-electron chi connectivity index (χ3n) is 6.73. The highest BCUT2D eigenvalue weighted by molar-refractivity contribution is 6.31. The maximum Gasteiger partial charge on any atom is 0.250 e. The summed E-state index contributed by atoms with van der Waals surface area (Å²) in [5.74, 6) is -4.47. The lowest BCUT2D eigenvalue weighted by Gasteiger charge is -2.36. The molecule has 1 aliphatic rings. The van der Waals surface area contributed by atoms with E-state index < -0.39 is 41.0 Å². The van der Waals surface area contributed by atoms with Crippen LogP contribution < -0.4 is 16.2 Å². The Balaban J connectivity index is 2.02. The number of nitriles is 1. The van der Waals surface area contributed by atoms with Crippen molar-refractivity contribution in [1.29, 1.82) is 5.26 Å². The van der Waals surface area contributed by atoms with Crippen LogP contribution in [0.3, 0.4) is 0 Å². The fourth-order valence-electron chi connectivity index (χ4n) is 5.26.